The number of likely N-dealkylation sites (N-methyl/N-ethyl adjacent to an activating group) is 1. The second-order valence-corrected chi connectivity index (χ2v) is 6.13. The quantitative estimate of drug-likeness (QED) is 0.746. The molecule has 1 fully saturated rings. The summed E-state index contributed by atoms with van der Waals surface area (Å²) in [5, 5.41) is 6.44. The Balaban J connectivity index is 2.39. The fourth-order valence-electron chi connectivity index (χ4n) is 2.59. The molecule has 2 N–H and O–H groups in total. The van der Waals surface area contributed by atoms with Crippen molar-refractivity contribution in [3.05, 3.63) is 0 Å². The molecule has 1 amide bonds. The summed E-state index contributed by atoms with van der Waals surface area (Å²) in [4.78, 5) is 14.3. The topological polar surface area (TPSA) is 44.4 Å². The number of hydrogen-bond acceptors (Lipinski definition) is 3. The minimum atomic E-state index is 0.145. The van der Waals surface area contributed by atoms with Gasteiger partial charge in [-0.15, -0.1) is 0 Å². The van der Waals surface area contributed by atoms with E-state index in [4.69, 9.17) is 0 Å². The van der Waals surface area contributed by atoms with Gasteiger partial charge < -0.3 is 15.5 Å². The molecule has 3 atom stereocenters. The number of rotatable bonds is 6. The van der Waals surface area contributed by atoms with Crippen molar-refractivity contribution in [1.29, 1.82) is 0 Å². The zero-order chi connectivity index (χ0) is 13.7. The zero-order valence-electron chi connectivity index (χ0n) is 12.5. The Kier molecular flexibility index (Phi) is 6.09. The SMILES string of the molecule is CC(C)CC(CNC(=O)C1CCNC1C)N(C)C. The molecule has 1 aliphatic rings. The number of nitrogens with one attached hydrogen (secondary N) is 2. The fourth-order valence-corrected chi connectivity index (χ4v) is 2.59. The van der Waals surface area contributed by atoms with Gasteiger partial charge in [0.2, 0.25) is 5.91 Å². The van der Waals surface area contributed by atoms with E-state index in [1.54, 1.807) is 0 Å². The lowest BCUT2D eigenvalue weighted by Gasteiger charge is -2.27. The second kappa shape index (κ2) is 7.10. The molecule has 1 rings (SSSR count). The van der Waals surface area contributed by atoms with E-state index in [1.165, 1.54) is 0 Å². The van der Waals surface area contributed by atoms with Crippen molar-refractivity contribution in [3.8, 4) is 0 Å². The largest absolute Gasteiger partial charge is 0.354 e. The molecule has 3 unspecified atom stereocenters. The van der Waals surface area contributed by atoms with Gasteiger partial charge in [0.1, 0.15) is 0 Å². The Morgan fingerprint density at radius 3 is 2.56 bits per heavy atom. The molecule has 0 saturated carbocycles. The summed E-state index contributed by atoms with van der Waals surface area (Å²) in [5.41, 5.74) is 0. The number of carbonyl (C=O) groups excluding carboxylic acids is 1. The molecule has 1 aliphatic heterocycles. The van der Waals surface area contributed by atoms with Crippen LogP contribution in [0.2, 0.25) is 0 Å². The summed E-state index contributed by atoms with van der Waals surface area (Å²) in [7, 11) is 4.16. The normalized spacial score (nSPS) is 25.7. The van der Waals surface area contributed by atoms with E-state index in [0.29, 0.717) is 18.0 Å². The van der Waals surface area contributed by atoms with E-state index in [9.17, 15) is 4.79 Å². The Hall–Kier alpha value is -0.610. The van der Waals surface area contributed by atoms with Crippen molar-refractivity contribution in [2.45, 2.75) is 45.7 Å². The maximum atomic E-state index is 12.1. The minimum Gasteiger partial charge on any atom is -0.354 e. The van der Waals surface area contributed by atoms with Crippen molar-refractivity contribution in [3.63, 3.8) is 0 Å². The highest BCUT2D eigenvalue weighted by Crippen LogP contribution is 2.15. The van der Waals surface area contributed by atoms with Gasteiger partial charge in [-0.25, -0.2) is 0 Å². The number of hydrogen-bond donors (Lipinski definition) is 2. The smallest absolute Gasteiger partial charge is 0.224 e. The molecular formula is C14H29N3O. The lowest BCUT2D eigenvalue weighted by atomic mass is 10.00. The summed E-state index contributed by atoms with van der Waals surface area (Å²) in [5.74, 6) is 1.01. The van der Waals surface area contributed by atoms with Crippen LogP contribution in [0, 0.1) is 11.8 Å². The van der Waals surface area contributed by atoms with Gasteiger partial charge in [0, 0.05) is 18.6 Å². The van der Waals surface area contributed by atoms with E-state index in [0.717, 1.165) is 25.9 Å². The molecule has 4 heteroatoms. The van der Waals surface area contributed by atoms with Crippen LogP contribution in [0.15, 0.2) is 0 Å². The lowest BCUT2D eigenvalue weighted by Crippen LogP contribution is -2.44. The summed E-state index contributed by atoms with van der Waals surface area (Å²) in [6, 6.07) is 0.742. The van der Waals surface area contributed by atoms with Gasteiger partial charge in [-0.3, -0.25) is 4.79 Å². The van der Waals surface area contributed by atoms with Gasteiger partial charge in [0.15, 0.2) is 0 Å². The Labute approximate surface area is 111 Å². The first-order valence-electron chi connectivity index (χ1n) is 7.09. The first kappa shape index (κ1) is 15.4. The molecule has 0 radical (unpaired) electrons. The maximum Gasteiger partial charge on any atom is 0.224 e. The summed E-state index contributed by atoms with van der Waals surface area (Å²) < 4.78 is 0. The monoisotopic (exact) mass is 255 g/mol. The number of amides is 1. The summed E-state index contributed by atoms with van der Waals surface area (Å²) >= 11 is 0. The van der Waals surface area contributed by atoms with Gasteiger partial charge in [-0.2, -0.15) is 0 Å². The predicted molar refractivity (Wildman–Crippen MR) is 75.5 cm³/mol. The van der Waals surface area contributed by atoms with Crippen LogP contribution >= 0.6 is 0 Å². The molecule has 106 valence electrons. The van der Waals surface area contributed by atoms with Crippen molar-refractivity contribution >= 4 is 5.91 Å². The van der Waals surface area contributed by atoms with Crippen LogP contribution in [0.1, 0.15) is 33.6 Å². The summed E-state index contributed by atoms with van der Waals surface area (Å²) in [6.07, 6.45) is 2.08. The van der Waals surface area contributed by atoms with Crippen molar-refractivity contribution in [1.82, 2.24) is 15.5 Å². The van der Waals surface area contributed by atoms with Crippen LogP contribution in [-0.2, 0) is 4.79 Å². The maximum absolute atomic E-state index is 12.1. The Bertz CT molecular complexity index is 266. The Morgan fingerprint density at radius 2 is 2.11 bits per heavy atom. The predicted octanol–water partition coefficient (Wildman–Crippen LogP) is 1.08. The minimum absolute atomic E-state index is 0.145. The first-order valence-corrected chi connectivity index (χ1v) is 7.09. The highest BCUT2D eigenvalue weighted by atomic mass is 16.1. The zero-order valence-corrected chi connectivity index (χ0v) is 12.5. The average Bonchev–Trinajstić information content (AvgIpc) is 2.69. The van der Waals surface area contributed by atoms with Crippen LogP contribution in [0.5, 0.6) is 0 Å². The van der Waals surface area contributed by atoms with Crippen LogP contribution in [-0.4, -0.2) is 50.1 Å². The third-order valence-corrected chi connectivity index (χ3v) is 3.85. The fraction of sp³-hybridized carbons (Fsp3) is 0.929. The Morgan fingerprint density at radius 1 is 1.44 bits per heavy atom. The van der Waals surface area contributed by atoms with Gasteiger partial charge in [-0.1, -0.05) is 13.8 Å². The van der Waals surface area contributed by atoms with Crippen LogP contribution in [0.4, 0.5) is 0 Å². The lowest BCUT2D eigenvalue weighted by molar-refractivity contribution is -0.125. The third kappa shape index (κ3) is 4.58. The molecular weight excluding hydrogens is 226 g/mol. The second-order valence-electron chi connectivity index (χ2n) is 6.13. The van der Waals surface area contributed by atoms with Crippen LogP contribution in [0.3, 0.4) is 0 Å². The average molecular weight is 255 g/mol. The van der Waals surface area contributed by atoms with Gasteiger partial charge in [0.25, 0.3) is 0 Å². The van der Waals surface area contributed by atoms with E-state index >= 15 is 0 Å². The first-order chi connectivity index (χ1) is 8.41. The highest BCUT2D eigenvalue weighted by Gasteiger charge is 2.29. The van der Waals surface area contributed by atoms with Crippen LogP contribution < -0.4 is 10.6 Å². The van der Waals surface area contributed by atoms with E-state index in [2.05, 4.69) is 50.4 Å². The van der Waals surface area contributed by atoms with Gasteiger partial charge in [-0.05, 0) is 46.3 Å². The molecule has 0 aromatic heterocycles. The van der Waals surface area contributed by atoms with Crippen LogP contribution in [0.25, 0.3) is 0 Å². The van der Waals surface area contributed by atoms with E-state index in [1.807, 2.05) is 0 Å². The molecule has 0 aromatic carbocycles. The third-order valence-electron chi connectivity index (χ3n) is 3.85. The number of carbonyl (C=O) groups is 1. The van der Waals surface area contributed by atoms with E-state index in [-0.39, 0.29) is 11.8 Å². The van der Waals surface area contributed by atoms with Crippen molar-refractivity contribution in [2.24, 2.45) is 11.8 Å². The van der Waals surface area contributed by atoms with E-state index < -0.39 is 0 Å². The standard InChI is InChI=1S/C14H29N3O/c1-10(2)8-12(17(4)5)9-16-14(18)13-6-7-15-11(13)3/h10-13,15H,6-9H2,1-5H3,(H,16,18). The molecule has 0 aliphatic carbocycles. The summed E-state index contributed by atoms with van der Waals surface area (Å²) in [6.45, 7) is 8.26. The molecule has 1 heterocycles. The molecule has 4 nitrogen and oxygen atoms in total. The van der Waals surface area contributed by atoms with Crippen molar-refractivity contribution in [2.75, 3.05) is 27.2 Å². The molecule has 18 heavy (non-hydrogen) atoms. The molecule has 0 aromatic rings. The molecule has 0 spiro atoms. The highest BCUT2D eigenvalue weighted by molar-refractivity contribution is 5.79. The van der Waals surface area contributed by atoms with Crippen molar-refractivity contribution < 1.29 is 4.79 Å². The van der Waals surface area contributed by atoms with Gasteiger partial charge in [0.05, 0.1) is 5.92 Å². The molecule has 0 bridgehead atoms. The molecule has 1 saturated heterocycles. The van der Waals surface area contributed by atoms with Gasteiger partial charge >= 0.3 is 0 Å². The number of nitrogens with zero attached hydrogens (tertiary/aromatic N) is 1.